The third-order valence-electron chi connectivity index (χ3n) is 2.60. The van der Waals surface area contributed by atoms with E-state index in [-0.39, 0.29) is 0 Å². The Kier molecular flexibility index (Phi) is 3.57. The number of hydrogen-bond acceptors (Lipinski definition) is 5. The summed E-state index contributed by atoms with van der Waals surface area (Å²) in [6.07, 6.45) is -3.40. The van der Waals surface area contributed by atoms with Crippen LogP contribution in [0, 0.1) is 21.7 Å². The number of non-ortho nitro benzene ring substituents is 1. The Bertz CT molecular complexity index is 984. The molecule has 0 saturated carbocycles. The number of nitro benzene ring substituents is 1. The topological polar surface area (TPSA) is 86.5 Å². The molecule has 0 amide bonds. The Morgan fingerprint density at radius 3 is 2.43 bits per heavy atom. The van der Waals surface area contributed by atoms with E-state index in [9.17, 15) is 27.3 Å². The molecule has 0 spiro atoms. The molecule has 2 aromatic carbocycles. The summed E-state index contributed by atoms with van der Waals surface area (Å²) in [5.41, 5.74) is -1.51. The van der Waals surface area contributed by atoms with Gasteiger partial charge in [0, 0.05) is 21.2 Å². The summed E-state index contributed by atoms with van der Waals surface area (Å²) in [4.78, 5) is 9.11. The van der Waals surface area contributed by atoms with Crippen LogP contribution >= 0.6 is 0 Å². The van der Waals surface area contributed by atoms with Gasteiger partial charge < -0.3 is 0 Å². The second-order valence-electron chi connectivity index (χ2n) is 4.14. The maximum absolute atomic E-state index is 13.8. The van der Waals surface area contributed by atoms with E-state index in [0.717, 1.165) is 24.3 Å². The van der Waals surface area contributed by atoms with Crippen molar-refractivity contribution in [2.24, 2.45) is 0 Å². The second-order valence-corrected chi connectivity index (χ2v) is 5.69. The highest BCUT2D eigenvalue weighted by atomic mass is 32.2. The Labute approximate surface area is 136 Å². The molecular weight excluding hydrogens is 332 g/mol. The fourth-order valence-electron chi connectivity index (χ4n) is 1.51. The van der Waals surface area contributed by atoms with Gasteiger partial charge in [0.25, 0.3) is 15.8 Å². The van der Waals surface area contributed by atoms with Crippen molar-refractivity contribution >= 4 is 15.8 Å². The van der Waals surface area contributed by atoms with Gasteiger partial charge in [-0.15, -0.1) is 0 Å². The van der Waals surface area contributed by atoms with Crippen LogP contribution in [-0.2, 0) is 20.7 Å². The van der Waals surface area contributed by atoms with Gasteiger partial charge in [-0.05, 0) is 35.9 Å². The van der Waals surface area contributed by atoms with E-state index in [1.165, 1.54) is 0 Å². The average Bonchev–Trinajstić information content (AvgIpc) is 2.56. The van der Waals surface area contributed by atoms with E-state index in [0.29, 0.717) is 18.2 Å². The summed E-state index contributed by atoms with van der Waals surface area (Å²) in [6, 6.07) is 4.81. The molecule has 23 heavy (non-hydrogen) atoms. The molecule has 0 bridgehead atoms. The molecule has 0 aliphatic heterocycles. The van der Waals surface area contributed by atoms with Gasteiger partial charge in [0.15, 0.2) is 0 Å². The molecule has 0 radical (unpaired) electrons. The van der Waals surface area contributed by atoms with Gasteiger partial charge in [0.2, 0.25) is 0 Å². The Morgan fingerprint density at radius 1 is 1.17 bits per heavy atom. The van der Waals surface area contributed by atoms with Crippen LogP contribution in [0.5, 0.6) is 0 Å². The zero-order valence-electron chi connectivity index (χ0n) is 15.2. The maximum Gasteiger partial charge on any atom is 0.296 e. The van der Waals surface area contributed by atoms with Crippen molar-refractivity contribution in [3.05, 3.63) is 69.8 Å². The average molecular weight is 347 g/mol. The van der Waals surface area contributed by atoms with E-state index < -0.39 is 55.8 Å². The molecule has 0 fully saturated rings. The minimum atomic E-state index is -4.93. The monoisotopic (exact) mass is 347 g/mol. The molecule has 2 rings (SSSR count). The van der Waals surface area contributed by atoms with Gasteiger partial charge in [-0.3, -0.25) is 14.3 Å². The predicted octanol–water partition coefficient (Wildman–Crippen LogP) is 2.82. The van der Waals surface area contributed by atoms with Gasteiger partial charge in [-0.25, -0.2) is 8.78 Å². The van der Waals surface area contributed by atoms with Gasteiger partial charge >= 0.3 is 0 Å². The van der Waals surface area contributed by atoms with Crippen LogP contribution in [0.4, 0.5) is 14.5 Å². The fraction of sp³-hybridized carbons (Fsp3) is 0.143. The second kappa shape index (κ2) is 6.80. The Hall–Kier alpha value is -2.39. The summed E-state index contributed by atoms with van der Waals surface area (Å²) < 4.78 is 86.6. The van der Waals surface area contributed by atoms with E-state index in [2.05, 4.69) is 4.18 Å². The van der Waals surface area contributed by atoms with Crippen molar-refractivity contribution in [1.82, 2.24) is 0 Å². The molecule has 0 unspecified atom stereocenters. The molecule has 2 aromatic rings. The van der Waals surface area contributed by atoms with Crippen LogP contribution in [0.1, 0.15) is 11.0 Å². The number of aryl methyl sites for hydroxylation is 1. The van der Waals surface area contributed by atoms with Crippen LogP contribution in [0.15, 0.2) is 47.4 Å². The van der Waals surface area contributed by atoms with E-state index in [1.807, 2.05) is 0 Å². The van der Waals surface area contributed by atoms with E-state index >= 15 is 0 Å². The normalized spacial score (nSPS) is 15.2. The molecule has 0 heterocycles. The first-order chi connectivity index (χ1) is 12.3. The van der Waals surface area contributed by atoms with Crippen molar-refractivity contribution in [2.75, 3.05) is 6.56 Å². The lowest BCUT2D eigenvalue weighted by Crippen LogP contribution is -2.10. The zero-order chi connectivity index (χ0) is 20.6. The van der Waals surface area contributed by atoms with Crippen molar-refractivity contribution in [3.8, 4) is 0 Å². The number of nitrogens with zero attached hydrogens (tertiary/aromatic N) is 1. The third-order valence-corrected chi connectivity index (χ3v) is 3.75. The van der Waals surface area contributed by atoms with E-state index in [4.69, 9.17) is 5.48 Å². The molecule has 9 heteroatoms. The molecular formula is C14H11F2NO5S. The van der Waals surface area contributed by atoms with Crippen LogP contribution in [0.3, 0.4) is 0 Å². The predicted molar refractivity (Wildman–Crippen MR) is 76.3 cm³/mol. The van der Waals surface area contributed by atoms with Crippen LogP contribution in [0.25, 0.3) is 0 Å². The number of halogens is 2. The molecule has 122 valence electrons. The number of rotatable bonds is 6. The lowest BCUT2D eigenvalue weighted by Gasteiger charge is -2.06. The van der Waals surface area contributed by atoms with Crippen molar-refractivity contribution in [2.45, 2.75) is 11.3 Å². The fourth-order valence-corrected chi connectivity index (χ4v) is 2.22. The SMILES string of the molecule is [2H]C([2H])(OS(=O)(=O)c1ccc([N+](=O)[O-])cc1)C([2H])([2H])c1cc(F)ccc1F. The quantitative estimate of drug-likeness (QED) is 0.456. The Balaban J connectivity index is 2.40. The molecule has 6 nitrogen and oxygen atoms in total. The minimum absolute atomic E-state index is 0.384. The molecule has 0 aliphatic rings. The first-order valence-electron chi connectivity index (χ1n) is 7.93. The lowest BCUT2D eigenvalue weighted by atomic mass is 10.1. The number of hydrogen-bond donors (Lipinski definition) is 0. The summed E-state index contributed by atoms with van der Waals surface area (Å²) in [5.74, 6) is -2.37. The van der Waals surface area contributed by atoms with Gasteiger partial charge in [-0.2, -0.15) is 8.42 Å². The van der Waals surface area contributed by atoms with Crippen molar-refractivity contribution in [3.63, 3.8) is 0 Å². The number of benzene rings is 2. The largest absolute Gasteiger partial charge is 0.296 e. The highest BCUT2D eigenvalue weighted by Gasteiger charge is 2.17. The zero-order valence-corrected chi connectivity index (χ0v) is 12.0. The summed E-state index contributed by atoms with van der Waals surface area (Å²) in [5, 5.41) is 10.6. The smallest absolute Gasteiger partial charge is 0.266 e. The number of nitro groups is 1. The highest BCUT2D eigenvalue weighted by Crippen LogP contribution is 2.18. The molecule has 0 aromatic heterocycles. The molecule has 0 atom stereocenters. The van der Waals surface area contributed by atoms with Gasteiger partial charge in [-0.1, -0.05) is 0 Å². The molecule has 0 aliphatic carbocycles. The summed E-state index contributed by atoms with van der Waals surface area (Å²) in [6.45, 7) is -3.64. The first-order valence-corrected chi connectivity index (χ1v) is 7.34. The minimum Gasteiger partial charge on any atom is -0.266 e. The highest BCUT2D eigenvalue weighted by molar-refractivity contribution is 7.86. The van der Waals surface area contributed by atoms with Crippen LogP contribution in [-0.4, -0.2) is 19.9 Å². The van der Waals surface area contributed by atoms with E-state index in [1.54, 1.807) is 0 Å². The van der Waals surface area contributed by atoms with Gasteiger partial charge in [0.1, 0.15) is 11.6 Å². The van der Waals surface area contributed by atoms with Crippen molar-refractivity contribution in [1.29, 1.82) is 0 Å². The lowest BCUT2D eigenvalue weighted by molar-refractivity contribution is -0.384. The first kappa shape index (κ1) is 12.1. The van der Waals surface area contributed by atoms with Crippen LogP contribution in [0.2, 0.25) is 0 Å². The maximum atomic E-state index is 13.8. The standard InChI is InChI=1S/C14H11F2NO5S/c15-11-1-6-14(16)10(9-11)7-8-22-23(20,21)13-4-2-12(3-5-13)17(18)19/h1-6,9H,7-8H2/i7D2,8D2. The third kappa shape index (κ3) is 4.30. The Morgan fingerprint density at radius 2 is 1.83 bits per heavy atom. The molecule has 0 N–H and O–H groups in total. The van der Waals surface area contributed by atoms with Crippen molar-refractivity contribution < 1.29 is 31.8 Å². The summed E-state index contributed by atoms with van der Waals surface area (Å²) >= 11 is 0. The van der Waals surface area contributed by atoms with Crippen LogP contribution < -0.4 is 0 Å². The summed E-state index contributed by atoms with van der Waals surface area (Å²) in [7, 11) is -4.93. The van der Waals surface area contributed by atoms with Gasteiger partial charge in [0.05, 0.1) is 19.1 Å². The molecule has 0 saturated heterocycles.